The average Bonchev–Trinajstić information content (AvgIpc) is 2.85. The maximum absolute atomic E-state index is 5.69. The Labute approximate surface area is 92.7 Å². The van der Waals surface area contributed by atoms with E-state index in [2.05, 4.69) is 12.3 Å². The molecule has 3 heteroatoms. The van der Waals surface area contributed by atoms with Crippen LogP contribution < -0.4 is 11.3 Å². The molecule has 2 aliphatic rings. The van der Waals surface area contributed by atoms with Crippen LogP contribution in [-0.2, 0) is 4.74 Å². The van der Waals surface area contributed by atoms with Gasteiger partial charge in [-0.05, 0) is 25.7 Å². The summed E-state index contributed by atoms with van der Waals surface area (Å²) in [5, 5.41) is 0. The van der Waals surface area contributed by atoms with Gasteiger partial charge in [-0.1, -0.05) is 25.7 Å². The smallest absolute Gasteiger partial charge is 0.0591 e. The number of hydrazine groups is 1. The van der Waals surface area contributed by atoms with Crippen LogP contribution >= 0.6 is 0 Å². The van der Waals surface area contributed by atoms with Crippen molar-refractivity contribution >= 4 is 0 Å². The van der Waals surface area contributed by atoms with Crippen LogP contribution in [0.4, 0.5) is 0 Å². The Kier molecular flexibility index (Phi) is 4.00. The molecule has 0 amide bonds. The van der Waals surface area contributed by atoms with Gasteiger partial charge in [0.2, 0.25) is 0 Å². The minimum absolute atomic E-state index is 0.382. The van der Waals surface area contributed by atoms with E-state index in [-0.39, 0.29) is 0 Å². The van der Waals surface area contributed by atoms with Crippen molar-refractivity contribution in [1.29, 1.82) is 0 Å². The van der Waals surface area contributed by atoms with Crippen LogP contribution in [0.15, 0.2) is 0 Å². The molecule has 1 saturated carbocycles. The molecular formula is C12H24N2O. The zero-order chi connectivity index (χ0) is 10.7. The average molecular weight is 212 g/mol. The lowest BCUT2D eigenvalue weighted by Gasteiger charge is -2.27. The molecule has 0 spiro atoms. The molecule has 0 aromatic carbocycles. The molecule has 3 unspecified atom stereocenters. The van der Waals surface area contributed by atoms with Gasteiger partial charge in [0.1, 0.15) is 0 Å². The molecule has 0 bridgehead atoms. The first-order chi connectivity index (χ1) is 7.31. The Balaban J connectivity index is 1.85. The second-order valence-corrected chi connectivity index (χ2v) is 5.19. The lowest BCUT2D eigenvalue weighted by Crippen LogP contribution is -2.44. The summed E-state index contributed by atoms with van der Waals surface area (Å²) in [6.45, 7) is 3.09. The van der Waals surface area contributed by atoms with E-state index in [1.807, 2.05) is 0 Å². The minimum atomic E-state index is 0.382. The van der Waals surface area contributed by atoms with Crippen molar-refractivity contribution in [2.75, 3.05) is 6.61 Å². The van der Waals surface area contributed by atoms with E-state index in [0.717, 1.165) is 12.5 Å². The van der Waals surface area contributed by atoms with Crippen LogP contribution in [0, 0.1) is 11.8 Å². The van der Waals surface area contributed by atoms with Gasteiger partial charge in [0.15, 0.2) is 0 Å². The zero-order valence-corrected chi connectivity index (χ0v) is 9.74. The lowest BCUT2D eigenvalue weighted by atomic mass is 9.86. The number of nitrogens with one attached hydrogen (secondary N) is 1. The highest BCUT2D eigenvalue weighted by atomic mass is 16.5. The van der Waals surface area contributed by atoms with Crippen LogP contribution in [0.25, 0.3) is 0 Å². The van der Waals surface area contributed by atoms with Crippen LogP contribution in [0.2, 0.25) is 0 Å². The summed E-state index contributed by atoms with van der Waals surface area (Å²) in [6.07, 6.45) is 8.43. The SMILES string of the molecule is CC1OCCC1C(CC1CCCC1)NN. The fourth-order valence-electron chi connectivity index (χ4n) is 3.25. The molecule has 3 N–H and O–H groups in total. The normalized spacial score (nSPS) is 34.8. The molecular weight excluding hydrogens is 188 g/mol. The largest absolute Gasteiger partial charge is 0.378 e. The molecule has 1 aliphatic carbocycles. The van der Waals surface area contributed by atoms with Crippen LogP contribution in [-0.4, -0.2) is 18.8 Å². The summed E-state index contributed by atoms with van der Waals surface area (Å²) >= 11 is 0. The molecule has 0 aromatic heterocycles. The maximum Gasteiger partial charge on any atom is 0.0591 e. The lowest BCUT2D eigenvalue weighted by molar-refractivity contribution is 0.0919. The van der Waals surface area contributed by atoms with Gasteiger partial charge in [0, 0.05) is 18.6 Å². The fraction of sp³-hybridized carbons (Fsp3) is 1.00. The molecule has 88 valence electrons. The highest BCUT2D eigenvalue weighted by molar-refractivity contribution is 4.85. The monoisotopic (exact) mass is 212 g/mol. The van der Waals surface area contributed by atoms with Crippen LogP contribution in [0.5, 0.6) is 0 Å². The summed E-state index contributed by atoms with van der Waals surface area (Å²) in [4.78, 5) is 0. The Morgan fingerprint density at radius 1 is 1.33 bits per heavy atom. The highest BCUT2D eigenvalue weighted by Gasteiger charge is 2.33. The Hall–Kier alpha value is -0.120. The van der Waals surface area contributed by atoms with Crippen molar-refractivity contribution < 1.29 is 4.74 Å². The summed E-state index contributed by atoms with van der Waals surface area (Å²) in [6, 6.07) is 0.464. The number of nitrogens with two attached hydrogens (primary N) is 1. The summed E-state index contributed by atoms with van der Waals surface area (Å²) < 4.78 is 5.62. The van der Waals surface area contributed by atoms with E-state index in [1.165, 1.54) is 38.5 Å². The van der Waals surface area contributed by atoms with E-state index >= 15 is 0 Å². The van der Waals surface area contributed by atoms with E-state index in [1.54, 1.807) is 0 Å². The highest BCUT2D eigenvalue weighted by Crippen LogP contribution is 2.33. The molecule has 1 saturated heterocycles. The summed E-state index contributed by atoms with van der Waals surface area (Å²) in [7, 11) is 0. The van der Waals surface area contributed by atoms with Crippen molar-refractivity contribution in [1.82, 2.24) is 5.43 Å². The topological polar surface area (TPSA) is 47.3 Å². The predicted molar refractivity (Wildman–Crippen MR) is 61.2 cm³/mol. The van der Waals surface area contributed by atoms with Crippen molar-refractivity contribution in [3.05, 3.63) is 0 Å². The second kappa shape index (κ2) is 5.28. The van der Waals surface area contributed by atoms with Gasteiger partial charge in [-0.3, -0.25) is 11.3 Å². The second-order valence-electron chi connectivity index (χ2n) is 5.19. The third kappa shape index (κ3) is 2.71. The van der Waals surface area contributed by atoms with Gasteiger partial charge < -0.3 is 4.74 Å². The third-order valence-corrected chi connectivity index (χ3v) is 4.23. The third-order valence-electron chi connectivity index (χ3n) is 4.23. The molecule has 1 aliphatic heterocycles. The number of rotatable bonds is 4. The number of hydrogen-bond acceptors (Lipinski definition) is 3. The molecule has 3 atom stereocenters. The molecule has 1 heterocycles. The maximum atomic E-state index is 5.69. The van der Waals surface area contributed by atoms with Crippen LogP contribution in [0.1, 0.15) is 45.4 Å². The molecule has 2 rings (SSSR count). The first kappa shape index (κ1) is 11.4. The quantitative estimate of drug-likeness (QED) is 0.552. The first-order valence-corrected chi connectivity index (χ1v) is 6.39. The molecule has 0 radical (unpaired) electrons. The van der Waals surface area contributed by atoms with Gasteiger partial charge in [-0.2, -0.15) is 0 Å². The van der Waals surface area contributed by atoms with E-state index < -0.39 is 0 Å². The van der Waals surface area contributed by atoms with Crippen molar-refractivity contribution in [3.8, 4) is 0 Å². The predicted octanol–water partition coefficient (Wildman–Crippen LogP) is 1.82. The molecule has 0 aromatic rings. The first-order valence-electron chi connectivity index (χ1n) is 6.39. The minimum Gasteiger partial charge on any atom is -0.378 e. The zero-order valence-electron chi connectivity index (χ0n) is 9.74. The van der Waals surface area contributed by atoms with Gasteiger partial charge in [0.25, 0.3) is 0 Å². The molecule has 15 heavy (non-hydrogen) atoms. The van der Waals surface area contributed by atoms with Crippen molar-refractivity contribution in [2.45, 2.75) is 57.6 Å². The van der Waals surface area contributed by atoms with Crippen LogP contribution in [0.3, 0.4) is 0 Å². The summed E-state index contributed by atoms with van der Waals surface area (Å²) in [5.74, 6) is 7.21. The standard InChI is InChI=1S/C12H24N2O/c1-9-11(6-7-15-9)12(14-13)8-10-4-2-3-5-10/h9-12,14H,2-8,13H2,1H3. The number of hydrogen-bond donors (Lipinski definition) is 2. The van der Waals surface area contributed by atoms with Gasteiger partial charge in [-0.25, -0.2) is 0 Å². The molecule has 2 fully saturated rings. The Morgan fingerprint density at radius 2 is 2.07 bits per heavy atom. The van der Waals surface area contributed by atoms with Crippen molar-refractivity contribution in [2.24, 2.45) is 17.7 Å². The van der Waals surface area contributed by atoms with E-state index in [4.69, 9.17) is 10.6 Å². The fourth-order valence-corrected chi connectivity index (χ4v) is 3.25. The van der Waals surface area contributed by atoms with Gasteiger partial charge in [0.05, 0.1) is 6.10 Å². The Morgan fingerprint density at radius 3 is 2.60 bits per heavy atom. The molecule has 3 nitrogen and oxygen atoms in total. The summed E-state index contributed by atoms with van der Waals surface area (Å²) in [5.41, 5.74) is 3.02. The van der Waals surface area contributed by atoms with Crippen molar-refractivity contribution in [3.63, 3.8) is 0 Å². The van der Waals surface area contributed by atoms with Gasteiger partial charge in [-0.15, -0.1) is 0 Å². The van der Waals surface area contributed by atoms with E-state index in [9.17, 15) is 0 Å². The number of ether oxygens (including phenoxy) is 1. The van der Waals surface area contributed by atoms with E-state index in [0.29, 0.717) is 18.1 Å². The van der Waals surface area contributed by atoms with Gasteiger partial charge >= 0.3 is 0 Å². The Bertz CT molecular complexity index is 192.